The van der Waals surface area contributed by atoms with E-state index in [-0.39, 0.29) is 31.2 Å². The van der Waals surface area contributed by atoms with Crippen molar-refractivity contribution in [2.45, 2.75) is 120 Å². The van der Waals surface area contributed by atoms with Gasteiger partial charge < -0.3 is 25.0 Å². The summed E-state index contributed by atoms with van der Waals surface area (Å²) in [5, 5.41) is 10.5. The number of ether oxygens (including phenoxy) is 2. The molecule has 61 heavy (non-hydrogen) atoms. The second-order valence-corrected chi connectivity index (χ2v) is 20.5. The molecule has 2 aliphatic carbocycles. The molecule has 5 unspecified atom stereocenters. The van der Waals surface area contributed by atoms with Gasteiger partial charge >= 0.3 is 0 Å². The number of anilines is 1. The normalized spacial score (nSPS) is 25.2. The van der Waals surface area contributed by atoms with Crippen molar-refractivity contribution in [1.82, 2.24) is 24.9 Å². The molecule has 4 aliphatic rings. The van der Waals surface area contributed by atoms with Crippen molar-refractivity contribution in [1.29, 1.82) is 0 Å². The lowest BCUT2D eigenvalue weighted by Crippen LogP contribution is -2.58. The Balaban J connectivity index is 1.15. The number of hydrogen-bond acceptors (Lipinski definition) is 11. The van der Waals surface area contributed by atoms with Crippen LogP contribution in [-0.4, -0.2) is 83.1 Å². The lowest BCUT2D eigenvalue weighted by molar-refractivity contribution is -0.140. The van der Waals surface area contributed by atoms with Crippen LogP contribution in [0.25, 0.3) is 21.5 Å². The van der Waals surface area contributed by atoms with Crippen molar-refractivity contribution in [2.24, 2.45) is 5.92 Å². The van der Waals surface area contributed by atoms with Gasteiger partial charge in [-0.2, -0.15) is 0 Å². The van der Waals surface area contributed by atoms with Gasteiger partial charge in [-0.1, -0.05) is 44.9 Å². The van der Waals surface area contributed by atoms with Crippen LogP contribution in [0.5, 0.6) is 11.6 Å². The maximum Gasteiger partial charge on any atom is 0.259 e. The first-order chi connectivity index (χ1) is 29.1. The summed E-state index contributed by atoms with van der Waals surface area (Å²) >= 11 is 1.48. The highest BCUT2D eigenvalue weighted by Gasteiger charge is 2.63. The number of nitrogens with zero attached hydrogens (tertiary/aromatic N) is 3. The molecule has 3 fully saturated rings. The van der Waals surface area contributed by atoms with Crippen molar-refractivity contribution >= 4 is 55.5 Å². The molecule has 3 amide bonds. The zero-order valence-corrected chi connectivity index (χ0v) is 36.8. The number of allylic oxidation sites excluding steroid dienone is 1. The van der Waals surface area contributed by atoms with Gasteiger partial charge in [0.05, 0.1) is 24.1 Å². The Kier molecular flexibility index (Phi) is 11.6. The van der Waals surface area contributed by atoms with Crippen LogP contribution in [0.15, 0.2) is 60.0 Å². The third kappa shape index (κ3) is 8.57. The summed E-state index contributed by atoms with van der Waals surface area (Å²) in [7, 11) is -2.39. The number of sulfonamides is 1. The predicted octanol–water partition coefficient (Wildman–Crippen LogP) is 7.16. The lowest BCUT2D eigenvalue weighted by Gasteiger charge is -2.30. The summed E-state index contributed by atoms with van der Waals surface area (Å²) in [6.07, 6.45) is 7.70. The van der Waals surface area contributed by atoms with E-state index in [9.17, 15) is 27.2 Å². The van der Waals surface area contributed by atoms with Gasteiger partial charge in [0.1, 0.15) is 46.0 Å². The van der Waals surface area contributed by atoms with E-state index in [0.29, 0.717) is 65.5 Å². The van der Waals surface area contributed by atoms with Crippen molar-refractivity contribution in [2.75, 3.05) is 19.0 Å². The van der Waals surface area contributed by atoms with Crippen LogP contribution in [0.3, 0.4) is 0 Å². The highest BCUT2D eigenvalue weighted by Crippen LogP contribution is 2.48. The molecule has 0 bridgehead atoms. The first-order valence-electron chi connectivity index (χ1n) is 21.1. The predicted molar refractivity (Wildman–Crippen MR) is 232 cm³/mol. The topological polar surface area (TPSA) is 169 Å². The van der Waals surface area contributed by atoms with E-state index in [1.54, 1.807) is 26.2 Å². The van der Waals surface area contributed by atoms with Crippen LogP contribution in [0.1, 0.15) is 95.7 Å². The van der Waals surface area contributed by atoms with Gasteiger partial charge in [0, 0.05) is 28.8 Å². The monoisotopic (exact) mass is 872 g/mol. The van der Waals surface area contributed by atoms with E-state index in [1.807, 2.05) is 42.7 Å². The number of carbonyl (C=O) groups is 3. The highest BCUT2D eigenvalue weighted by atomic mass is 32.2. The van der Waals surface area contributed by atoms with Gasteiger partial charge in [-0.3, -0.25) is 19.1 Å². The maximum atomic E-state index is 14.9. The van der Waals surface area contributed by atoms with Crippen LogP contribution in [0.4, 0.5) is 10.1 Å². The Morgan fingerprint density at radius 1 is 1.08 bits per heavy atom. The van der Waals surface area contributed by atoms with Crippen molar-refractivity contribution in [3.63, 3.8) is 0 Å². The molecular weight excluding hydrogens is 820 g/mol. The summed E-state index contributed by atoms with van der Waals surface area (Å²) in [6, 6.07) is 9.68. The molecular formula is C45H53FN6O7S2. The third-order valence-electron chi connectivity index (χ3n) is 12.7. The van der Waals surface area contributed by atoms with Crippen molar-refractivity contribution in [3.05, 3.63) is 77.1 Å². The molecule has 3 N–H and O–H groups in total. The first kappa shape index (κ1) is 42.6. The number of aromatic nitrogens is 2. The quantitative estimate of drug-likeness (QED) is 0.139. The number of aryl methyl sites for hydroxylation is 1. The molecule has 0 radical (unpaired) electrons. The second-order valence-electron chi connectivity index (χ2n) is 17.4. The number of hydrogen-bond donors (Lipinski definition) is 3. The summed E-state index contributed by atoms with van der Waals surface area (Å²) in [4.78, 5) is 54.9. The van der Waals surface area contributed by atoms with Gasteiger partial charge in [0.25, 0.3) is 5.91 Å². The van der Waals surface area contributed by atoms with E-state index in [1.165, 1.54) is 28.4 Å². The molecule has 13 nitrogen and oxygen atoms in total. The van der Waals surface area contributed by atoms with Gasteiger partial charge in [0.2, 0.25) is 27.7 Å². The zero-order valence-electron chi connectivity index (χ0n) is 35.1. The minimum Gasteiger partial charge on any atom is -0.496 e. The minimum absolute atomic E-state index is 0.00476. The molecule has 2 aromatic carbocycles. The number of benzene rings is 2. The van der Waals surface area contributed by atoms with Crippen LogP contribution in [0.2, 0.25) is 0 Å². The number of methoxy groups -OCH3 is 1. The average Bonchev–Trinajstić information content (AvgIpc) is 3.99. The number of carbonyl (C=O) groups excluding carboxylic acids is 3. The average molecular weight is 873 g/mol. The fourth-order valence-electron chi connectivity index (χ4n) is 8.39. The third-order valence-corrected chi connectivity index (χ3v) is 15.7. The van der Waals surface area contributed by atoms with Gasteiger partial charge in [-0.15, -0.1) is 11.3 Å². The Morgan fingerprint density at radius 3 is 2.61 bits per heavy atom. The molecule has 8 rings (SSSR count). The molecule has 1 saturated heterocycles. The summed E-state index contributed by atoms with van der Waals surface area (Å²) in [5.41, 5.74) is 1.33. The minimum atomic E-state index is -4.01. The second kappa shape index (κ2) is 16.6. The van der Waals surface area contributed by atoms with Crippen LogP contribution < -0.4 is 24.8 Å². The Morgan fingerprint density at radius 2 is 1.89 bits per heavy atom. The van der Waals surface area contributed by atoms with E-state index in [0.717, 1.165) is 29.5 Å². The van der Waals surface area contributed by atoms with Crippen molar-refractivity contribution in [3.8, 4) is 22.3 Å². The number of pyridine rings is 1. The number of nitrogens with one attached hydrogen (secondary N) is 3. The first-order valence-corrected chi connectivity index (χ1v) is 23.5. The van der Waals surface area contributed by atoms with E-state index < -0.39 is 62.0 Å². The van der Waals surface area contributed by atoms with E-state index in [4.69, 9.17) is 19.4 Å². The number of amides is 3. The van der Waals surface area contributed by atoms with Gasteiger partial charge in [0.15, 0.2) is 0 Å². The Bertz CT molecular complexity index is 2510. The largest absolute Gasteiger partial charge is 0.496 e. The van der Waals surface area contributed by atoms with E-state index >= 15 is 0 Å². The molecule has 2 aromatic heterocycles. The number of halogens is 1. The molecule has 2 saturated carbocycles. The van der Waals surface area contributed by atoms with Crippen LogP contribution >= 0.6 is 11.3 Å². The van der Waals surface area contributed by atoms with Gasteiger partial charge in [-0.25, -0.2) is 22.8 Å². The van der Waals surface area contributed by atoms with Crippen molar-refractivity contribution < 1.29 is 36.7 Å². The molecule has 5 atom stereocenters. The van der Waals surface area contributed by atoms with Crippen LogP contribution in [0, 0.1) is 18.7 Å². The number of fused-ring (bicyclic) bond motifs is 3. The standard InChI is InChI=1S/C45H53FN6O7S2/c1-26(2)36-25-60-41(49-36)35-22-33-27(3)38(58-5)17-16-32(33)40(48-35)59-31-21-37-39(53)50-45(43(55)51-61(56,57)44(4)18-19-44)23-28(45)12-9-7-6-8-10-15-34(42(54)52(37)24-31)47-30-14-11-13-29(46)20-30/h9,11-14,16-17,20,22,25-26,28,31,34,37,47H,6-8,10,15,18-19,21,23-24H2,1-5H3,(H,50,53)(H,51,55). The summed E-state index contributed by atoms with van der Waals surface area (Å²) < 4.78 is 54.6. The smallest absolute Gasteiger partial charge is 0.259 e. The SMILES string of the molecule is COc1ccc2c(OC3CC4C(=O)NC5(C(=O)NS(=O)(=O)C6(C)CC6)CC5C=CCCCCCC(Nc5cccc(F)c5)C(=O)N4C3)nc(-c3nc(C(C)C)cs3)cc2c1C. The Hall–Kier alpha value is -5.09. The molecule has 4 heterocycles. The molecule has 324 valence electrons. The highest BCUT2D eigenvalue weighted by molar-refractivity contribution is 7.91. The van der Waals surface area contributed by atoms with Gasteiger partial charge in [-0.05, 0) is 106 Å². The fraction of sp³-hybridized carbons (Fsp3) is 0.489. The molecule has 2 aliphatic heterocycles. The zero-order chi connectivity index (χ0) is 43.3. The molecule has 0 spiro atoms. The lowest BCUT2D eigenvalue weighted by atomic mass is 10.0. The number of thiazole rings is 1. The molecule has 4 aromatic rings. The number of rotatable bonds is 10. The Labute approximate surface area is 359 Å². The summed E-state index contributed by atoms with van der Waals surface area (Å²) in [5.74, 6) is -1.46. The summed E-state index contributed by atoms with van der Waals surface area (Å²) in [6.45, 7) is 7.72. The fourth-order valence-corrected chi connectivity index (χ4v) is 10.6. The molecule has 16 heteroatoms. The van der Waals surface area contributed by atoms with Crippen LogP contribution in [-0.2, 0) is 24.4 Å². The van der Waals surface area contributed by atoms with E-state index in [2.05, 4.69) is 29.2 Å². The maximum absolute atomic E-state index is 14.9.